The second-order valence-electron chi connectivity index (χ2n) is 11.4. The fraction of sp³-hybridized carbons (Fsp3) is 0.852. The highest BCUT2D eigenvalue weighted by Crippen LogP contribution is 2.67. The van der Waals surface area contributed by atoms with Gasteiger partial charge in [0, 0.05) is 17.3 Å². The van der Waals surface area contributed by atoms with E-state index in [2.05, 4.69) is 6.92 Å². The molecule has 0 amide bonds. The number of carbonyl (C=O) groups excluding carboxylic acids is 2. The van der Waals surface area contributed by atoms with Crippen molar-refractivity contribution in [2.24, 2.45) is 28.6 Å². The normalized spacial score (nSPS) is 41.9. The molecular weight excluding hydrogens is 468 g/mol. The van der Waals surface area contributed by atoms with E-state index in [-0.39, 0.29) is 49.6 Å². The molecule has 204 valence electrons. The fourth-order valence-electron chi connectivity index (χ4n) is 8.16. The van der Waals surface area contributed by atoms with Crippen molar-refractivity contribution in [3.63, 3.8) is 0 Å². The molecule has 0 heterocycles. The molecular formula is C27H42O9. The number of aliphatic hydroxyl groups is 4. The zero-order valence-electron chi connectivity index (χ0n) is 21.5. The van der Waals surface area contributed by atoms with Crippen LogP contribution in [0.5, 0.6) is 0 Å². The average Bonchev–Trinajstić information content (AvgIpc) is 3.11. The standard InChI is InChI=1S/C27H42O9/c1-25-15-21(31)24-19(20(25)5-6-27(25,33)22(32)16-29)4-3-17-13-18(30)14-23(26(17,24)2)36-12-11-35-10-9-34-8-7-28/h13,19-21,23-24,28-29,31,33H,3-12,14-16H2,1-2H3/t19-,20-,21-,23?,24+,25-,26+,27-/m0/s1. The number of aliphatic hydroxyl groups excluding tert-OH is 3. The molecule has 4 N–H and O–H groups in total. The van der Waals surface area contributed by atoms with Crippen molar-refractivity contribution >= 4 is 11.6 Å². The van der Waals surface area contributed by atoms with Crippen LogP contribution in [0.3, 0.4) is 0 Å². The lowest BCUT2D eigenvalue weighted by Gasteiger charge is -2.61. The number of hydrogen-bond donors (Lipinski definition) is 4. The highest BCUT2D eigenvalue weighted by molar-refractivity contribution is 5.92. The number of fused-ring (bicyclic) bond motifs is 5. The summed E-state index contributed by atoms with van der Waals surface area (Å²) in [6, 6.07) is 0. The molecule has 0 radical (unpaired) electrons. The quantitative estimate of drug-likeness (QED) is 0.297. The number of hydrogen-bond acceptors (Lipinski definition) is 9. The smallest absolute Gasteiger partial charge is 0.190 e. The summed E-state index contributed by atoms with van der Waals surface area (Å²) in [7, 11) is 0. The van der Waals surface area contributed by atoms with E-state index in [0.29, 0.717) is 45.7 Å². The van der Waals surface area contributed by atoms with Crippen molar-refractivity contribution in [1.29, 1.82) is 0 Å². The second kappa shape index (κ2) is 10.9. The van der Waals surface area contributed by atoms with Gasteiger partial charge in [-0.1, -0.05) is 19.4 Å². The number of carbonyl (C=O) groups is 2. The summed E-state index contributed by atoms with van der Waals surface area (Å²) in [4.78, 5) is 25.2. The summed E-state index contributed by atoms with van der Waals surface area (Å²) in [5.74, 6) is -0.589. The molecule has 0 bridgehead atoms. The minimum absolute atomic E-state index is 0.0295. The Morgan fingerprint density at radius 1 is 1.08 bits per heavy atom. The molecule has 4 aliphatic carbocycles. The Kier molecular flexibility index (Phi) is 8.41. The largest absolute Gasteiger partial charge is 0.394 e. The Bertz CT molecular complexity index is 858. The molecule has 1 unspecified atom stereocenters. The molecule has 3 fully saturated rings. The lowest BCUT2D eigenvalue weighted by Crippen LogP contribution is -2.64. The number of Topliss-reactive ketones (excluding diaryl/α,β-unsaturated/α-hetero) is 1. The molecule has 0 aliphatic heterocycles. The van der Waals surface area contributed by atoms with Crippen LogP contribution in [0.4, 0.5) is 0 Å². The van der Waals surface area contributed by atoms with Gasteiger partial charge >= 0.3 is 0 Å². The van der Waals surface area contributed by atoms with E-state index < -0.39 is 41.0 Å². The van der Waals surface area contributed by atoms with E-state index in [1.54, 1.807) is 6.08 Å². The Hall–Kier alpha value is -1.20. The van der Waals surface area contributed by atoms with Crippen LogP contribution in [0.2, 0.25) is 0 Å². The molecule has 8 atom stereocenters. The maximum Gasteiger partial charge on any atom is 0.190 e. The third-order valence-corrected chi connectivity index (χ3v) is 9.89. The predicted molar refractivity (Wildman–Crippen MR) is 129 cm³/mol. The Labute approximate surface area is 212 Å². The van der Waals surface area contributed by atoms with Crippen LogP contribution in [0.15, 0.2) is 11.6 Å². The molecule has 4 aliphatic rings. The SMILES string of the molecule is C[C@]12C[C@H](O)[C@H]3[C@@H](CCC4=CC(=O)CC(OCCOCCOCCO)[C@@]43C)[C@@H]1CC[C@]2(O)C(=O)CO. The van der Waals surface area contributed by atoms with Crippen LogP contribution in [0.1, 0.15) is 52.4 Å². The van der Waals surface area contributed by atoms with E-state index in [1.165, 1.54) is 0 Å². The van der Waals surface area contributed by atoms with Gasteiger partial charge in [-0.3, -0.25) is 9.59 Å². The third-order valence-electron chi connectivity index (χ3n) is 9.89. The van der Waals surface area contributed by atoms with E-state index in [1.807, 2.05) is 6.92 Å². The summed E-state index contributed by atoms with van der Waals surface area (Å²) in [5.41, 5.74) is -1.96. The molecule has 3 saturated carbocycles. The van der Waals surface area contributed by atoms with Crippen LogP contribution >= 0.6 is 0 Å². The predicted octanol–water partition coefficient (Wildman–Crippen LogP) is 0.802. The Morgan fingerprint density at radius 3 is 2.47 bits per heavy atom. The van der Waals surface area contributed by atoms with Crippen molar-refractivity contribution in [3.05, 3.63) is 11.6 Å². The number of ether oxygens (including phenoxy) is 3. The van der Waals surface area contributed by atoms with Crippen molar-refractivity contribution in [1.82, 2.24) is 0 Å². The molecule has 4 rings (SSSR count). The van der Waals surface area contributed by atoms with E-state index >= 15 is 0 Å². The molecule has 0 aromatic heterocycles. The van der Waals surface area contributed by atoms with E-state index in [0.717, 1.165) is 12.0 Å². The van der Waals surface area contributed by atoms with Gasteiger partial charge in [0.2, 0.25) is 0 Å². The lowest BCUT2D eigenvalue weighted by molar-refractivity contribution is -0.195. The van der Waals surface area contributed by atoms with Crippen LogP contribution in [-0.4, -0.2) is 96.0 Å². The van der Waals surface area contributed by atoms with E-state index in [9.17, 15) is 24.9 Å². The maximum absolute atomic E-state index is 12.6. The molecule has 9 heteroatoms. The first-order valence-electron chi connectivity index (χ1n) is 13.3. The third kappa shape index (κ3) is 4.51. The Balaban J connectivity index is 1.51. The Morgan fingerprint density at radius 2 is 1.78 bits per heavy atom. The molecule has 0 saturated heterocycles. The fourth-order valence-corrected chi connectivity index (χ4v) is 8.16. The van der Waals surface area contributed by atoms with Gasteiger partial charge in [-0.2, -0.15) is 0 Å². The lowest BCUT2D eigenvalue weighted by atomic mass is 9.44. The first kappa shape index (κ1) is 27.8. The monoisotopic (exact) mass is 510 g/mol. The maximum atomic E-state index is 12.6. The van der Waals surface area contributed by atoms with Crippen molar-refractivity contribution in [2.75, 3.05) is 46.2 Å². The molecule has 36 heavy (non-hydrogen) atoms. The summed E-state index contributed by atoms with van der Waals surface area (Å²) < 4.78 is 17.0. The molecule has 0 aromatic carbocycles. The summed E-state index contributed by atoms with van der Waals surface area (Å²) >= 11 is 0. The van der Waals surface area contributed by atoms with Crippen LogP contribution < -0.4 is 0 Å². The first-order valence-corrected chi connectivity index (χ1v) is 13.3. The number of ketones is 2. The first-order chi connectivity index (χ1) is 17.1. The molecule has 9 nitrogen and oxygen atoms in total. The van der Waals surface area contributed by atoms with E-state index in [4.69, 9.17) is 19.3 Å². The second-order valence-corrected chi connectivity index (χ2v) is 11.4. The van der Waals surface area contributed by atoms with Gasteiger partial charge in [-0.15, -0.1) is 0 Å². The van der Waals surface area contributed by atoms with Crippen LogP contribution in [0, 0.1) is 28.6 Å². The topological polar surface area (TPSA) is 143 Å². The van der Waals surface area contributed by atoms with Gasteiger partial charge < -0.3 is 34.6 Å². The van der Waals surface area contributed by atoms with Gasteiger partial charge in [0.1, 0.15) is 12.2 Å². The highest BCUT2D eigenvalue weighted by atomic mass is 16.5. The highest BCUT2D eigenvalue weighted by Gasteiger charge is 2.69. The zero-order valence-corrected chi connectivity index (χ0v) is 21.5. The van der Waals surface area contributed by atoms with Crippen LogP contribution in [0.25, 0.3) is 0 Å². The van der Waals surface area contributed by atoms with Gasteiger partial charge in [0.05, 0.1) is 51.8 Å². The minimum atomic E-state index is -1.63. The average molecular weight is 511 g/mol. The van der Waals surface area contributed by atoms with Gasteiger partial charge in [-0.25, -0.2) is 0 Å². The summed E-state index contributed by atoms with van der Waals surface area (Å²) in [5, 5.41) is 41.3. The summed E-state index contributed by atoms with van der Waals surface area (Å²) in [6.45, 7) is 4.94. The summed E-state index contributed by atoms with van der Waals surface area (Å²) in [6.07, 6.45) is 3.53. The van der Waals surface area contributed by atoms with Gasteiger partial charge in [-0.05, 0) is 55.9 Å². The van der Waals surface area contributed by atoms with Crippen molar-refractivity contribution < 1.29 is 44.2 Å². The molecule has 0 aromatic rings. The van der Waals surface area contributed by atoms with Crippen LogP contribution in [-0.2, 0) is 23.8 Å². The number of rotatable bonds is 11. The van der Waals surface area contributed by atoms with Crippen molar-refractivity contribution in [2.45, 2.75) is 70.2 Å². The minimum Gasteiger partial charge on any atom is -0.394 e. The molecule has 0 spiro atoms. The van der Waals surface area contributed by atoms with Crippen molar-refractivity contribution in [3.8, 4) is 0 Å². The zero-order chi connectivity index (χ0) is 26.1. The van der Waals surface area contributed by atoms with Gasteiger partial charge in [0.15, 0.2) is 11.6 Å². The van der Waals surface area contributed by atoms with Gasteiger partial charge in [0.25, 0.3) is 0 Å².